The van der Waals surface area contributed by atoms with Crippen LogP contribution in [0.2, 0.25) is 0 Å². The zero-order valence-electron chi connectivity index (χ0n) is 11.8. The summed E-state index contributed by atoms with van der Waals surface area (Å²) in [6.45, 7) is 0. The van der Waals surface area contributed by atoms with Crippen LogP contribution in [-0.2, 0) is 6.42 Å². The molecule has 0 aliphatic carbocycles. The number of nitrogens with zero attached hydrogens (tertiary/aromatic N) is 2. The highest BCUT2D eigenvalue weighted by Crippen LogP contribution is 2.17. The van der Waals surface area contributed by atoms with Crippen molar-refractivity contribution in [2.45, 2.75) is 11.6 Å². The summed E-state index contributed by atoms with van der Waals surface area (Å²) in [6.07, 6.45) is 0.911. The summed E-state index contributed by atoms with van der Waals surface area (Å²) in [5.74, 6) is 6.67. The fourth-order valence-corrected chi connectivity index (χ4v) is 3.04. The highest BCUT2D eigenvalue weighted by atomic mass is 79.9. The number of hydrogen-bond donors (Lipinski definition) is 1. The van der Waals surface area contributed by atoms with Crippen molar-refractivity contribution in [3.63, 3.8) is 0 Å². The molecule has 4 nitrogen and oxygen atoms in total. The minimum Gasteiger partial charge on any atom is -0.334 e. The second-order valence-corrected chi connectivity index (χ2v) is 5.73. The molecule has 1 aromatic heterocycles. The summed E-state index contributed by atoms with van der Waals surface area (Å²) >= 11 is 1.50. The molecular formula is C16H16BrN3OS. The van der Waals surface area contributed by atoms with Gasteiger partial charge in [0.05, 0.1) is 10.9 Å². The molecule has 0 spiro atoms. The van der Waals surface area contributed by atoms with E-state index in [1.54, 1.807) is 6.07 Å². The highest BCUT2D eigenvalue weighted by Gasteiger charge is 2.08. The summed E-state index contributed by atoms with van der Waals surface area (Å²) in [6, 6.07) is 17.5. The van der Waals surface area contributed by atoms with E-state index in [2.05, 4.69) is 17.1 Å². The molecule has 0 aliphatic heterocycles. The molecule has 0 amide bonds. The number of halogens is 1. The quantitative estimate of drug-likeness (QED) is 0.431. The molecule has 0 unspecified atom stereocenters. The lowest BCUT2D eigenvalue weighted by Gasteiger charge is -2.08. The van der Waals surface area contributed by atoms with Crippen molar-refractivity contribution < 1.29 is 0 Å². The van der Waals surface area contributed by atoms with Crippen LogP contribution in [0.3, 0.4) is 0 Å². The van der Waals surface area contributed by atoms with E-state index in [4.69, 9.17) is 5.84 Å². The lowest BCUT2D eigenvalue weighted by molar-refractivity contribution is 0.779. The number of aromatic nitrogens is 2. The Bertz CT molecular complexity index is 820. The average Bonchev–Trinajstić information content (AvgIpc) is 2.53. The monoisotopic (exact) mass is 377 g/mol. The van der Waals surface area contributed by atoms with Crippen LogP contribution in [0.4, 0.5) is 0 Å². The van der Waals surface area contributed by atoms with Gasteiger partial charge in [-0.15, -0.1) is 17.0 Å². The predicted molar refractivity (Wildman–Crippen MR) is 97.3 cm³/mol. The maximum atomic E-state index is 12.2. The zero-order valence-corrected chi connectivity index (χ0v) is 14.3. The van der Waals surface area contributed by atoms with Crippen LogP contribution >= 0.6 is 28.7 Å². The third-order valence-corrected chi connectivity index (χ3v) is 4.19. The lowest BCUT2D eigenvalue weighted by Crippen LogP contribution is -2.29. The van der Waals surface area contributed by atoms with Gasteiger partial charge in [0.1, 0.15) is 0 Å². The van der Waals surface area contributed by atoms with Crippen molar-refractivity contribution in [2.24, 2.45) is 0 Å². The highest BCUT2D eigenvalue weighted by molar-refractivity contribution is 8.93. The molecule has 0 saturated heterocycles. The first-order chi connectivity index (χ1) is 10.3. The van der Waals surface area contributed by atoms with Gasteiger partial charge in [0.15, 0.2) is 5.16 Å². The van der Waals surface area contributed by atoms with Crippen LogP contribution in [-0.4, -0.2) is 15.4 Å². The van der Waals surface area contributed by atoms with Crippen molar-refractivity contribution in [1.82, 2.24) is 9.66 Å². The van der Waals surface area contributed by atoms with Gasteiger partial charge in [-0.3, -0.25) is 4.79 Å². The molecule has 2 aromatic carbocycles. The predicted octanol–water partition coefficient (Wildman–Crippen LogP) is 3.02. The van der Waals surface area contributed by atoms with Crippen LogP contribution in [0, 0.1) is 0 Å². The second kappa shape index (κ2) is 7.47. The molecule has 3 rings (SSSR count). The van der Waals surface area contributed by atoms with Crippen LogP contribution in [0.1, 0.15) is 5.56 Å². The first kappa shape index (κ1) is 16.6. The summed E-state index contributed by atoms with van der Waals surface area (Å²) in [4.78, 5) is 16.6. The van der Waals surface area contributed by atoms with Gasteiger partial charge >= 0.3 is 0 Å². The molecule has 0 fully saturated rings. The van der Waals surface area contributed by atoms with E-state index < -0.39 is 0 Å². The SMILES string of the molecule is Br.Nn1c(SCCc2ccccc2)nc2ccccc2c1=O. The van der Waals surface area contributed by atoms with Gasteiger partial charge in [0.2, 0.25) is 0 Å². The Hall–Kier alpha value is -1.79. The number of para-hydroxylation sites is 1. The van der Waals surface area contributed by atoms with E-state index in [-0.39, 0.29) is 22.5 Å². The number of benzene rings is 2. The van der Waals surface area contributed by atoms with Gasteiger partial charge in [0, 0.05) is 5.75 Å². The van der Waals surface area contributed by atoms with Crippen LogP contribution in [0.15, 0.2) is 64.5 Å². The van der Waals surface area contributed by atoms with E-state index in [0.717, 1.165) is 16.8 Å². The maximum absolute atomic E-state index is 12.2. The van der Waals surface area contributed by atoms with Crippen LogP contribution in [0.25, 0.3) is 10.9 Å². The fourth-order valence-electron chi connectivity index (χ4n) is 2.13. The van der Waals surface area contributed by atoms with Gasteiger partial charge in [0.25, 0.3) is 5.56 Å². The van der Waals surface area contributed by atoms with E-state index in [1.165, 1.54) is 17.3 Å². The Kier molecular flexibility index (Phi) is 5.63. The number of hydrogen-bond acceptors (Lipinski definition) is 4. The molecule has 0 saturated carbocycles. The van der Waals surface area contributed by atoms with E-state index >= 15 is 0 Å². The van der Waals surface area contributed by atoms with Gasteiger partial charge in [-0.05, 0) is 24.1 Å². The Morgan fingerprint density at radius 2 is 1.73 bits per heavy atom. The largest absolute Gasteiger partial charge is 0.334 e. The first-order valence-corrected chi connectivity index (χ1v) is 7.68. The molecule has 3 aromatic rings. The molecular weight excluding hydrogens is 362 g/mol. The number of nitrogens with two attached hydrogens (primary N) is 1. The third-order valence-electron chi connectivity index (χ3n) is 3.24. The normalized spacial score (nSPS) is 10.4. The van der Waals surface area contributed by atoms with Gasteiger partial charge in [-0.2, -0.15) is 0 Å². The Morgan fingerprint density at radius 1 is 1.05 bits per heavy atom. The average molecular weight is 378 g/mol. The third kappa shape index (κ3) is 3.51. The van der Waals surface area contributed by atoms with E-state index in [0.29, 0.717) is 16.1 Å². The van der Waals surface area contributed by atoms with Gasteiger partial charge in [-0.1, -0.05) is 54.2 Å². The Balaban J connectivity index is 0.00000176. The second-order valence-electron chi connectivity index (χ2n) is 4.67. The number of fused-ring (bicyclic) bond motifs is 1. The van der Waals surface area contributed by atoms with E-state index in [9.17, 15) is 4.79 Å². The standard InChI is InChI=1S/C16H15N3OS.BrH/c17-19-15(20)13-8-4-5-9-14(13)18-16(19)21-11-10-12-6-2-1-3-7-12;/h1-9H,10-11,17H2;1H. The minimum absolute atomic E-state index is 0. The van der Waals surface area contributed by atoms with Gasteiger partial charge < -0.3 is 5.84 Å². The van der Waals surface area contributed by atoms with Crippen LogP contribution in [0.5, 0.6) is 0 Å². The maximum Gasteiger partial charge on any atom is 0.280 e. The molecule has 0 bridgehead atoms. The van der Waals surface area contributed by atoms with Crippen molar-refractivity contribution in [2.75, 3.05) is 11.6 Å². The summed E-state index contributed by atoms with van der Waals surface area (Å²) in [5.41, 5.74) is 1.74. The van der Waals surface area contributed by atoms with Crippen LogP contribution < -0.4 is 11.4 Å². The summed E-state index contributed by atoms with van der Waals surface area (Å²) in [7, 11) is 0. The Labute approximate surface area is 143 Å². The molecule has 1 heterocycles. The minimum atomic E-state index is -0.206. The molecule has 114 valence electrons. The molecule has 6 heteroatoms. The number of aryl methyl sites for hydroxylation is 1. The molecule has 0 radical (unpaired) electrons. The zero-order chi connectivity index (χ0) is 14.7. The smallest absolute Gasteiger partial charge is 0.280 e. The molecule has 0 aliphatic rings. The summed E-state index contributed by atoms with van der Waals surface area (Å²) in [5, 5.41) is 1.10. The van der Waals surface area contributed by atoms with Gasteiger partial charge in [-0.25, -0.2) is 9.66 Å². The Morgan fingerprint density at radius 3 is 2.50 bits per heavy atom. The molecule has 2 N–H and O–H groups in total. The van der Waals surface area contributed by atoms with E-state index in [1.807, 2.05) is 36.4 Å². The van der Waals surface area contributed by atoms with Crippen molar-refractivity contribution in [3.05, 3.63) is 70.5 Å². The van der Waals surface area contributed by atoms with Crippen molar-refractivity contribution >= 4 is 39.6 Å². The number of rotatable bonds is 4. The molecule has 22 heavy (non-hydrogen) atoms. The first-order valence-electron chi connectivity index (χ1n) is 6.69. The van der Waals surface area contributed by atoms with Crippen molar-refractivity contribution in [1.29, 1.82) is 0 Å². The van der Waals surface area contributed by atoms with Crippen molar-refractivity contribution in [3.8, 4) is 0 Å². The molecule has 0 atom stereocenters. The number of thioether (sulfide) groups is 1. The summed E-state index contributed by atoms with van der Waals surface area (Å²) < 4.78 is 1.14. The lowest BCUT2D eigenvalue weighted by atomic mass is 10.2. The number of nitrogen functional groups attached to an aromatic ring is 1. The topological polar surface area (TPSA) is 60.9 Å². The fraction of sp³-hybridized carbons (Fsp3) is 0.125.